The van der Waals surface area contributed by atoms with Crippen LogP contribution >= 0.6 is 12.2 Å². The largest absolute Gasteiger partial charge is 0.392 e. The van der Waals surface area contributed by atoms with Gasteiger partial charge in [0.1, 0.15) is 0 Å². The zero-order valence-electron chi connectivity index (χ0n) is 11.6. The van der Waals surface area contributed by atoms with Gasteiger partial charge in [-0.25, -0.2) is 0 Å². The third-order valence-corrected chi connectivity index (χ3v) is 5.28. The maximum Gasteiger partial charge on any atom is 0.233 e. The van der Waals surface area contributed by atoms with Crippen LogP contribution in [0.2, 0.25) is 0 Å². The number of rotatable bonds is 8. The lowest BCUT2D eigenvalue weighted by Crippen LogP contribution is -2.48. The van der Waals surface area contributed by atoms with Crippen molar-refractivity contribution in [1.82, 2.24) is 5.32 Å². The number of nitrogens with one attached hydrogen (secondary N) is 1. The highest BCUT2D eigenvalue weighted by Crippen LogP contribution is 2.27. The lowest BCUT2D eigenvalue weighted by atomic mass is 9.81. The number of amides is 1. The second-order valence-electron chi connectivity index (χ2n) is 4.51. The molecule has 106 valence electrons. The molecule has 0 aromatic carbocycles. The van der Waals surface area contributed by atoms with Gasteiger partial charge in [0.25, 0.3) is 0 Å². The second kappa shape index (κ2) is 7.84. The first-order valence-corrected chi connectivity index (χ1v) is 8.25. The Hall–Kier alpha value is -0.490. The second-order valence-corrected chi connectivity index (χ2v) is 6.75. The molecule has 0 aliphatic rings. The van der Waals surface area contributed by atoms with E-state index in [1.54, 1.807) is 6.26 Å². The van der Waals surface area contributed by atoms with E-state index in [4.69, 9.17) is 18.0 Å². The Morgan fingerprint density at radius 3 is 2.28 bits per heavy atom. The smallest absolute Gasteiger partial charge is 0.233 e. The van der Waals surface area contributed by atoms with Gasteiger partial charge in [0.2, 0.25) is 5.91 Å². The normalized spacial score (nSPS) is 14.9. The molecule has 4 nitrogen and oxygen atoms in total. The first kappa shape index (κ1) is 17.5. The minimum atomic E-state index is -0.860. The van der Waals surface area contributed by atoms with Crippen molar-refractivity contribution in [2.75, 3.05) is 12.8 Å². The van der Waals surface area contributed by atoms with Crippen molar-refractivity contribution in [3.8, 4) is 0 Å². The minimum Gasteiger partial charge on any atom is -0.392 e. The summed E-state index contributed by atoms with van der Waals surface area (Å²) in [6.07, 6.45) is 3.55. The van der Waals surface area contributed by atoms with Crippen molar-refractivity contribution < 1.29 is 9.00 Å². The lowest BCUT2D eigenvalue weighted by molar-refractivity contribution is -0.127. The maximum atomic E-state index is 12.2. The molecule has 0 saturated carbocycles. The van der Waals surface area contributed by atoms with Crippen LogP contribution in [0.5, 0.6) is 0 Å². The van der Waals surface area contributed by atoms with Gasteiger partial charge in [-0.15, -0.1) is 0 Å². The van der Waals surface area contributed by atoms with Crippen LogP contribution in [0.4, 0.5) is 0 Å². The SMILES string of the molecule is CCC(CC)(C(=O)NCCC(C)S(C)=O)C(N)=S. The fraction of sp³-hybridized carbons (Fsp3) is 0.833. The molecule has 0 aliphatic carbocycles. The van der Waals surface area contributed by atoms with Gasteiger partial charge in [0.05, 0.1) is 10.4 Å². The summed E-state index contributed by atoms with van der Waals surface area (Å²) < 4.78 is 11.2. The number of nitrogens with two attached hydrogens (primary N) is 1. The molecule has 0 bridgehead atoms. The zero-order chi connectivity index (χ0) is 14.3. The Labute approximate surface area is 118 Å². The van der Waals surface area contributed by atoms with Gasteiger partial charge in [0.15, 0.2) is 0 Å². The van der Waals surface area contributed by atoms with E-state index >= 15 is 0 Å². The van der Waals surface area contributed by atoms with E-state index in [1.165, 1.54) is 0 Å². The fourth-order valence-electron chi connectivity index (χ4n) is 1.76. The van der Waals surface area contributed by atoms with Crippen LogP contribution in [0.1, 0.15) is 40.0 Å². The molecular weight excluding hydrogens is 268 g/mol. The third kappa shape index (κ3) is 4.31. The van der Waals surface area contributed by atoms with Crippen LogP contribution < -0.4 is 11.1 Å². The molecule has 2 unspecified atom stereocenters. The minimum absolute atomic E-state index is 0.0766. The van der Waals surface area contributed by atoms with Gasteiger partial charge in [-0.1, -0.05) is 33.0 Å². The van der Waals surface area contributed by atoms with Crippen molar-refractivity contribution in [3.63, 3.8) is 0 Å². The van der Waals surface area contributed by atoms with E-state index in [0.29, 0.717) is 25.8 Å². The summed E-state index contributed by atoms with van der Waals surface area (Å²) in [5.41, 5.74) is 4.95. The summed E-state index contributed by atoms with van der Waals surface area (Å²) in [6.45, 7) is 6.23. The summed E-state index contributed by atoms with van der Waals surface area (Å²) in [4.78, 5) is 12.4. The molecule has 0 aromatic heterocycles. The Morgan fingerprint density at radius 1 is 1.44 bits per heavy atom. The summed E-state index contributed by atoms with van der Waals surface area (Å²) in [5, 5.41) is 2.93. The van der Waals surface area contributed by atoms with E-state index < -0.39 is 16.2 Å². The molecule has 6 heteroatoms. The molecular formula is C12H24N2O2S2. The molecule has 2 atom stereocenters. The number of hydrogen-bond donors (Lipinski definition) is 2. The van der Waals surface area contributed by atoms with Crippen LogP contribution in [0.25, 0.3) is 0 Å². The van der Waals surface area contributed by atoms with Gasteiger partial charge >= 0.3 is 0 Å². The molecule has 0 radical (unpaired) electrons. The van der Waals surface area contributed by atoms with E-state index in [9.17, 15) is 9.00 Å². The molecule has 0 fully saturated rings. The molecule has 3 N–H and O–H groups in total. The van der Waals surface area contributed by atoms with Crippen LogP contribution in [0.3, 0.4) is 0 Å². The molecule has 0 heterocycles. The third-order valence-electron chi connectivity index (χ3n) is 3.52. The Kier molecular flexibility index (Phi) is 7.62. The average Bonchev–Trinajstić information content (AvgIpc) is 2.30. The molecule has 1 amide bonds. The van der Waals surface area contributed by atoms with Crippen molar-refractivity contribution in [2.45, 2.75) is 45.3 Å². The average molecular weight is 292 g/mol. The van der Waals surface area contributed by atoms with Crippen LogP contribution in [0.15, 0.2) is 0 Å². The van der Waals surface area contributed by atoms with Crippen LogP contribution in [-0.2, 0) is 15.6 Å². The Bertz CT molecular complexity index is 328. The van der Waals surface area contributed by atoms with Crippen molar-refractivity contribution in [1.29, 1.82) is 0 Å². The van der Waals surface area contributed by atoms with Crippen molar-refractivity contribution in [2.24, 2.45) is 11.1 Å². The number of carbonyl (C=O) groups excluding carboxylic acids is 1. The van der Waals surface area contributed by atoms with E-state index in [0.717, 1.165) is 0 Å². The summed E-state index contributed by atoms with van der Waals surface area (Å²) in [6, 6.07) is 0. The predicted octanol–water partition coefficient (Wildman–Crippen LogP) is 1.35. The summed E-state index contributed by atoms with van der Waals surface area (Å²) >= 11 is 5.02. The first-order chi connectivity index (χ1) is 8.31. The van der Waals surface area contributed by atoms with Gasteiger partial charge < -0.3 is 11.1 Å². The molecule has 0 aromatic rings. The number of thiocarbonyl (C=S) groups is 1. The highest BCUT2D eigenvalue weighted by molar-refractivity contribution is 7.84. The summed E-state index contributed by atoms with van der Waals surface area (Å²) in [5.74, 6) is -0.117. The zero-order valence-corrected chi connectivity index (χ0v) is 13.2. The van der Waals surface area contributed by atoms with Gasteiger partial charge in [-0.3, -0.25) is 9.00 Å². The molecule has 0 saturated heterocycles. The standard InChI is InChI=1S/C12H24N2O2S2/c1-5-12(6-2,10(13)17)11(15)14-8-7-9(3)18(4)16/h9H,5-8H2,1-4H3,(H2,13,17)(H,14,15). The first-order valence-electron chi connectivity index (χ1n) is 6.22. The maximum absolute atomic E-state index is 12.2. The van der Waals surface area contributed by atoms with Gasteiger partial charge in [0, 0.05) is 28.9 Å². The molecule has 18 heavy (non-hydrogen) atoms. The quantitative estimate of drug-likeness (QED) is 0.663. The summed E-state index contributed by atoms with van der Waals surface area (Å²) in [7, 11) is -0.860. The van der Waals surface area contributed by atoms with Gasteiger partial charge in [-0.05, 0) is 19.3 Å². The highest BCUT2D eigenvalue weighted by Gasteiger charge is 2.37. The molecule has 0 aliphatic heterocycles. The van der Waals surface area contributed by atoms with E-state index in [2.05, 4.69) is 5.32 Å². The van der Waals surface area contributed by atoms with Gasteiger partial charge in [-0.2, -0.15) is 0 Å². The highest BCUT2D eigenvalue weighted by atomic mass is 32.2. The lowest BCUT2D eigenvalue weighted by Gasteiger charge is -2.29. The van der Waals surface area contributed by atoms with Crippen molar-refractivity contribution in [3.05, 3.63) is 0 Å². The number of hydrogen-bond acceptors (Lipinski definition) is 3. The van der Waals surface area contributed by atoms with E-state index in [1.807, 2.05) is 20.8 Å². The fourth-order valence-corrected chi connectivity index (χ4v) is 2.59. The van der Waals surface area contributed by atoms with Crippen LogP contribution in [0, 0.1) is 5.41 Å². The predicted molar refractivity (Wildman–Crippen MR) is 81.0 cm³/mol. The monoisotopic (exact) mass is 292 g/mol. The number of carbonyl (C=O) groups is 1. The molecule has 0 spiro atoms. The Balaban J connectivity index is 4.46. The van der Waals surface area contributed by atoms with Crippen LogP contribution in [-0.4, -0.2) is 33.2 Å². The Morgan fingerprint density at radius 2 is 1.94 bits per heavy atom. The topological polar surface area (TPSA) is 72.2 Å². The van der Waals surface area contributed by atoms with E-state index in [-0.39, 0.29) is 16.1 Å². The molecule has 0 rings (SSSR count). The van der Waals surface area contributed by atoms with Crippen molar-refractivity contribution >= 4 is 33.9 Å².